The van der Waals surface area contributed by atoms with E-state index in [2.05, 4.69) is 10.5 Å². The van der Waals surface area contributed by atoms with Gasteiger partial charge >= 0.3 is 0 Å². The number of hydrogen-bond donors (Lipinski definition) is 3. The summed E-state index contributed by atoms with van der Waals surface area (Å²) < 4.78 is 0. The van der Waals surface area contributed by atoms with Crippen LogP contribution in [-0.2, 0) is 11.3 Å². The van der Waals surface area contributed by atoms with Crippen LogP contribution in [0.25, 0.3) is 0 Å². The average molecular weight is 255 g/mol. The van der Waals surface area contributed by atoms with Crippen molar-refractivity contribution in [3.05, 3.63) is 21.9 Å². The molecule has 0 saturated heterocycles. The van der Waals surface area contributed by atoms with Crippen LogP contribution in [0.5, 0.6) is 0 Å². The first-order valence-electron chi connectivity index (χ1n) is 5.17. The van der Waals surface area contributed by atoms with Gasteiger partial charge in [-0.25, -0.2) is 0 Å². The lowest BCUT2D eigenvalue weighted by Crippen LogP contribution is -2.45. The van der Waals surface area contributed by atoms with Crippen LogP contribution >= 0.6 is 11.3 Å². The molecule has 1 aromatic heterocycles. The second-order valence-corrected chi connectivity index (χ2v) is 5.12. The van der Waals surface area contributed by atoms with Crippen LogP contribution in [0.15, 0.2) is 15.9 Å². The lowest BCUT2D eigenvalue weighted by molar-refractivity contribution is -0.126. The topological polar surface area (TPSA) is 87.7 Å². The Morgan fingerprint density at radius 3 is 2.71 bits per heavy atom. The van der Waals surface area contributed by atoms with E-state index in [-0.39, 0.29) is 11.7 Å². The molecule has 1 amide bonds. The van der Waals surface area contributed by atoms with Crippen LogP contribution in [0.4, 0.5) is 0 Å². The Hall–Kier alpha value is -1.56. The van der Waals surface area contributed by atoms with Gasteiger partial charge in [-0.1, -0.05) is 5.16 Å². The zero-order chi connectivity index (χ0) is 13.1. The fourth-order valence-corrected chi connectivity index (χ4v) is 2.06. The Balaban J connectivity index is 2.65. The third-order valence-corrected chi connectivity index (χ3v) is 3.63. The van der Waals surface area contributed by atoms with E-state index in [9.17, 15) is 4.79 Å². The van der Waals surface area contributed by atoms with Crippen molar-refractivity contribution in [2.24, 2.45) is 16.3 Å². The number of hydrogen-bond acceptors (Lipinski definition) is 4. The third kappa shape index (κ3) is 2.97. The molecule has 0 spiro atoms. The standard InChI is InChI=1S/C11H17N3O2S/c1-7-5-17-6-8(7)4-13-10(15)11(2,3)9(12)14-16/h5-6,16H,4H2,1-3H3,(H2,12,14)(H,13,15). The molecule has 4 N–H and O–H groups in total. The molecule has 17 heavy (non-hydrogen) atoms. The summed E-state index contributed by atoms with van der Waals surface area (Å²) >= 11 is 1.60. The highest BCUT2D eigenvalue weighted by Crippen LogP contribution is 2.17. The molecule has 1 rings (SSSR count). The van der Waals surface area contributed by atoms with Crippen molar-refractivity contribution in [2.45, 2.75) is 27.3 Å². The number of rotatable bonds is 4. The molecule has 1 heterocycles. The van der Waals surface area contributed by atoms with Gasteiger partial charge in [0.1, 0.15) is 5.41 Å². The molecule has 6 heteroatoms. The van der Waals surface area contributed by atoms with E-state index in [0.717, 1.165) is 11.1 Å². The van der Waals surface area contributed by atoms with Crippen molar-refractivity contribution in [1.82, 2.24) is 5.32 Å². The molecule has 0 unspecified atom stereocenters. The number of carbonyl (C=O) groups excluding carboxylic acids is 1. The maximum Gasteiger partial charge on any atom is 0.233 e. The van der Waals surface area contributed by atoms with Crippen LogP contribution in [-0.4, -0.2) is 17.0 Å². The summed E-state index contributed by atoms with van der Waals surface area (Å²) in [5.41, 5.74) is 6.69. The second kappa shape index (κ2) is 5.18. The molecular formula is C11H17N3O2S. The Labute approximate surface area is 104 Å². The van der Waals surface area contributed by atoms with Gasteiger partial charge in [0.2, 0.25) is 5.91 Å². The summed E-state index contributed by atoms with van der Waals surface area (Å²) in [5.74, 6) is -0.365. The monoisotopic (exact) mass is 255 g/mol. The molecule has 0 bridgehead atoms. The fourth-order valence-electron chi connectivity index (χ4n) is 1.21. The predicted molar refractivity (Wildman–Crippen MR) is 68.1 cm³/mol. The minimum Gasteiger partial charge on any atom is -0.409 e. The molecule has 1 aromatic rings. The molecular weight excluding hydrogens is 238 g/mol. The minimum atomic E-state index is -1.02. The maximum atomic E-state index is 11.9. The van der Waals surface area contributed by atoms with Crippen LogP contribution in [0, 0.1) is 12.3 Å². The number of nitrogens with one attached hydrogen (secondary N) is 1. The highest BCUT2D eigenvalue weighted by molar-refractivity contribution is 7.08. The quantitative estimate of drug-likeness (QED) is 0.329. The summed E-state index contributed by atoms with van der Waals surface area (Å²) in [6.45, 7) is 5.67. The van der Waals surface area contributed by atoms with E-state index in [1.807, 2.05) is 17.7 Å². The highest BCUT2D eigenvalue weighted by Gasteiger charge is 2.32. The van der Waals surface area contributed by atoms with Gasteiger partial charge in [0.25, 0.3) is 0 Å². The molecule has 5 nitrogen and oxygen atoms in total. The summed E-state index contributed by atoms with van der Waals surface area (Å²) in [5, 5.41) is 18.3. The maximum absolute atomic E-state index is 11.9. The van der Waals surface area contributed by atoms with Gasteiger partial charge in [-0.15, -0.1) is 0 Å². The fraction of sp³-hybridized carbons (Fsp3) is 0.455. The van der Waals surface area contributed by atoms with Crippen molar-refractivity contribution in [3.8, 4) is 0 Å². The molecule has 0 atom stereocenters. The van der Waals surface area contributed by atoms with Gasteiger partial charge in [-0.3, -0.25) is 4.79 Å². The van der Waals surface area contributed by atoms with Crippen molar-refractivity contribution in [2.75, 3.05) is 0 Å². The lowest BCUT2D eigenvalue weighted by Gasteiger charge is -2.21. The summed E-state index contributed by atoms with van der Waals surface area (Å²) in [7, 11) is 0. The van der Waals surface area contributed by atoms with Crippen LogP contribution in [0.1, 0.15) is 25.0 Å². The van der Waals surface area contributed by atoms with Crippen molar-refractivity contribution >= 4 is 23.1 Å². The van der Waals surface area contributed by atoms with E-state index >= 15 is 0 Å². The van der Waals surface area contributed by atoms with E-state index < -0.39 is 5.41 Å². The Kier molecular flexibility index (Phi) is 4.11. The third-order valence-electron chi connectivity index (χ3n) is 2.72. The number of nitrogens with zero attached hydrogens (tertiary/aromatic N) is 1. The summed E-state index contributed by atoms with van der Waals surface area (Å²) in [6, 6.07) is 0. The zero-order valence-corrected chi connectivity index (χ0v) is 11.0. The lowest BCUT2D eigenvalue weighted by atomic mass is 9.91. The van der Waals surface area contributed by atoms with E-state index in [4.69, 9.17) is 10.9 Å². The predicted octanol–water partition coefficient (Wildman–Crippen LogP) is 1.45. The molecule has 0 aromatic carbocycles. The van der Waals surface area contributed by atoms with Gasteiger partial charge in [0, 0.05) is 6.54 Å². The van der Waals surface area contributed by atoms with E-state index in [1.165, 1.54) is 0 Å². The normalized spacial score (nSPS) is 12.5. The summed E-state index contributed by atoms with van der Waals surface area (Å²) in [4.78, 5) is 11.9. The number of amidine groups is 1. The van der Waals surface area contributed by atoms with Gasteiger partial charge < -0.3 is 16.3 Å². The molecule has 0 fully saturated rings. The molecule has 0 aliphatic carbocycles. The number of aryl methyl sites for hydroxylation is 1. The zero-order valence-electron chi connectivity index (χ0n) is 10.2. The smallest absolute Gasteiger partial charge is 0.233 e. The first-order valence-corrected chi connectivity index (χ1v) is 6.12. The molecule has 94 valence electrons. The molecule has 0 radical (unpaired) electrons. The van der Waals surface area contributed by atoms with E-state index in [0.29, 0.717) is 6.54 Å². The van der Waals surface area contributed by atoms with Crippen LogP contribution < -0.4 is 11.1 Å². The van der Waals surface area contributed by atoms with Gasteiger partial charge in [-0.2, -0.15) is 11.3 Å². The van der Waals surface area contributed by atoms with E-state index in [1.54, 1.807) is 25.2 Å². The Morgan fingerprint density at radius 2 is 2.24 bits per heavy atom. The first kappa shape index (κ1) is 13.5. The number of carbonyl (C=O) groups is 1. The number of thiophene rings is 1. The van der Waals surface area contributed by atoms with Gasteiger partial charge in [0.05, 0.1) is 0 Å². The average Bonchev–Trinajstić information content (AvgIpc) is 2.70. The van der Waals surface area contributed by atoms with Crippen molar-refractivity contribution in [3.63, 3.8) is 0 Å². The van der Waals surface area contributed by atoms with Crippen LogP contribution in [0.2, 0.25) is 0 Å². The van der Waals surface area contributed by atoms with Gasteiger partial charge in [0.15, 0.2) is 5.84 Å². The SMILES string of the molecule is Cc1cscc1CNC(=O)C(C)(C)C(N)=NO. The van der Waals surface area contributed by atoms with Crippen LogP contribution in [0.3, 0.4) is 0 Å². The van der Waals surface area contributed by atoms with Gasteiger partial charge in [-0.05, 0) is 42.7 Å². The second-order valence-electron chi connectivity index (χ2n) is 4.37. The Bertz CT molecular complexity index is 438. The van der Waals surface area contributed by atoms with Crippen molar-refractivity contribution < 1.29 is 10.0 Å². The largest absolute Gasteiger partial charge is 0.409 e. The van der Waals surface area contributed by atoms with Crippen molar-refractivity contribution in [1.29, 1.82) is 0 Å². The number of nitrogens with two attached hydrogens (primary N) is 1. The Morgan fingerprint density at radius 1 is 1.59 bits per heavy atom. The molecule has 0 aliphatic heterocycles. The number of amides is 1. The summed E-state index contributed by atoms with van der Waals surface area (Å²) in [6.07, 6.45) is 0. The highest BCUT2D eigenvalue weighted by atomic mass is 32.1. The number of oxime groups is 1. The molecule has 0 saturated carbocycles. The molecule has 0 aliphatic rings. The minimum absolute atomic E-state index is 0.1000. The first-order chi connectivity index (χ1) is 7.89.